The van der Waals surface area contributed by atoms with Gasteiger partial charge in [0.15, 0.2) is 0 Å². The summed E-state index contributed by atoms with van der Waals surface area (Å²) in [6.45, 7) is 5.97. The zero-order valence-corrected chi connectivity index (χ0v) is 11.8. The first-order valence-corrected chi connectivity index (χ1v) is 6.58. The van der Waals surface area contributed by atoms with Crippen LogP contribution in [-0.2, 0) is 11.3 Å². The van der Waals surface area contributed by atoms with Crippen molar-refractivity contribution in [3.63, 3.8) is 0 Å². The SMILES string of the molecule is CC1(C)C(=O)NCCN1Cc1ccc(C(=O)NN)cc1. The molecular formula is C14H20N4O2. The Labute approximate surface area is 118 Å². The Kier molecular flexibility index (Phi) is 4.06. The zero-order valence-electron chi connectivity index (χ0n) is 11.8. The number of hydrogen-bond acceptors (Lipinski definition) is 4. The summed E-state index contributed by atoms with van der Waals surface area (Å²) in [5.74, 6) is 4.82. The fourth-order valence-electron chi connectivity index (χ4n) is 2.29. The molecule has 1 heterocycles. The molecule has 20 heavy (non-hydrogen) atoms. The quantitative estimate of drug-likeness (QED) is 0.412. The molecular weight excluding hydrogens is 256 g/mol. The van der Waals surface area contributed by atoms with Gasteiger partial charge in [-0.1, -0.05) is 12.1 Å². The second-order valence-electron chi connectivity index (χ2n) is 5.41. The van der Waals surface area contributed by atoms with Crippen molar-refractivity contribution < 1.29 is 9.59 Å². The molecule has 2 rings (SSSR count). The van der Waals surface area contributed by atoms with E-state index in [-0.39, 0.29) is 11.8 Å². The van der Waals surface area contributed by atoms with E-state index in [1.165, 1.54) is 0 Å². The van der Waals surface area contributed by atoms with Gasteiger partial charge >= 0.3 is 0 Å². The van der Waals surface area contributed by atoms with Crippen LogP contribution < -0.4 is 16.6 Å². The summed E-state index contributed by atoms with van der Waals surface area (Å²) in [4.78, 5) is 25.4. The van der Waals surface area contributed by atoms with E-state index in [2.05, 4.69) is 15.6 Å². The third kappa shape index (κ3) is 2.81. The number of piperazine rings is 1. The number of benzene rings is 1. The summed E-state index contributed by atoms with van der Waals surface area (Å²) in [7, 11) is 0. The molecule has 0 bridgehead atoms. The Morgan fingerprint density at radius 2 is 2.05 bits per heavy atom. The fraction of sp³-hybridized carbons (Fsp3) is 0.429. The van der Waals surface area contributed by atoms with Gasteiger partial charge in [0.2, 0.25) is 5.91 Å². The number of nitrogen functional groups attached to an aromatic ring is 1. The van der Waals surface area contributed by atoms with E-state index in [4.69, 9.17) is 5.84 Å². The second kappa shape index (κ2) is 5.60. The first kappa shape index (κ1) is 14.5. The van der Waals surface area contributed by atoms with Crippen molar-refractivity contribution in [2.45, 2.75) is 25.9 Å². The van der Waals surface area contributed by atoms with E-state index in [9.17, 15) is 9.59 Å². The van der Waals surface area contributed by atoms with Crippen LogP contribution in [0.25, 0.3) is 0 Å². The molecule has 0 atom stereocenters. The Morgan fingerprint density at radius 1 is 1.40 bits per heavy atom. The van der Waals surface area contributed by atoms with Crippen LogP contribution in [0.2, 0.25) is 0 Å². The average molecular weight is 276 g/mol. The highest BCUT2D eigenvalue weighted by Gasteiger charge is 2.37. The van der Waals surface area contributed by atoms with Gasteiger partial charge in [-0.2, -0.15) is 0 Å². The summed E-state index contributed by atoms with van der Waals surface area (Å²) in [6.07, 6.45) is 0. The maximum atomic E-state index is 11.9. The standard InChI is InChI=1S/C14H20N4O2/c1-14(2)13(20)16-7-8-18(14)9-10-3-5-11(6-4-10)12(19)17-15/h3-6H,7-9,15H2,1-2H3,(H,16,20)(H,17,19). The predicted octanol–water partition coefficient (Wildman–Crippen LogP) is 0.000500. The molecule has 108 valence electrons. The molecule has 2 amide bonds. The minimum absolute atomic E-state index is 0.0443. The van der Waals surface area contributed by atoms with Gasteiger partial charge in [-0.05, 0) is 31.5 Å². The highest BCUT2D eigenvalue weighted by molar-refractivity contribution is 5.93. The molecule has 6 heteroatoms. The molecule has 1 aliphatic rings. The number of carbonyl (C=O) groups is 2. The zero-order chi connectivity index (χ0) is 14.8. The van der Waals surface area contributed by atoms with Gasteiger partial charge in [-0.25, -0.2) is 5.84 Å². The fourth-order valence-corrected chi connectivity index (χ4v) is 2.29. The summed E-state index contributed by atoms with van der Waals surface area (Å²) < 4.78 is 0. The van der Waals surface area contributed by atoms with E-state index < -0.39 is 5.54 Å². The molecule has 1 aromatic rings. The van der Waals surface area contributed by atoms with Crippen LogP contribution in [0.15, 0.2) is 24.3 Å². The van der Waals surface area contributed by atoms with Gasteiger partial charge in [0.05, 0.1) is 5.54 Å². The highest BCUT2D eigenvalue weighted by Crippen LogP contribution is 2.20. The lowest BCUT2D eigenvalue weighted by molar-refractivity contribution is -0.135. The van der Waals surface area contributed by atoms with Gasteiger partial charge in [0.25, 0.3) is 5.91 Å². The lowest BCUT2D eigenvalue weighted by Crippen LogP contribution is -2.61. The number of nitrogens with two attached hydrogens (primary N) is 1. The molecule has 0 unspecified atom stereocenters. The number of nitrogens with zero attached hydrogens (tertiary/aromatic N) is 1. The molecule has 4 N–H and O–H groups in total. The number of hydrogen-bond donors (Lipinski definition) is 3. The first-order valence-electron chi connectivity index (χ1n) is 6.58. The Morgan fingerprint density at radius 3 is 2.65 bits per heavy atom. The Bertz CT molecular complexity index is 510. The van der Waals surface area contributed by atoms with Gasteiger partial charge in [0.1, 0.15) is 0 Å². The maximum absolute atomic E-state index is 11.9. The molecule has 1 aromatic carbocycles. The van der Waals surface area contributed by atoms with E-state index in [0.29, 0.717) is 18.7 Å². The maximum Gasteiger partial charge on any atom is 0.265 e. The van der Waals surface area contributed by atoms with Gasteiger partial charge in [0, 0.05) is 25.2 Å². The number of amides is 2. The topological polar surface area (TPSA) is 87.5 Å². The smallest absolute Gasteiger partial charge is 0.265 e. The van der Waals surface area contributed by atoms with E-state index in [0.717, 1.165) is 12.1 Å². The van der Waals surface area contributed by atoms with Crippen LogP contribution in [0.4, 0.5) is 0 Å². The number of nitrogens with one attached hydrogen (secondary N) is 2. The molecule has 0 saturated carbocycles. The van der Waals surface area contributed by atoms with Crippen LogP contribution >= 0.6 is 0 Å². The van der Waals surface area contributed by atoms with Crippen LogP contribution in [0.3, 0.4) is 0 Å². The van der Waals surface area contributed by atoms with Crippen molar-refractivity contribution >= 4 is 11.8 Å². The van der Waals surface area contributed by atoms with E-state index in [1.54, 1.807) is 12.1 Å². The highest BCUT2D eigenvalue weighted by atomic mass is 16.2. The van der Waals surface area contributed by atoms with Gasteiger partial charge in [-0.3, -0.25) is 19.9 Å². The predicted molar refractivity (Wildman–Crippen MR) is 75.6 cm³/mol. The lowest BCUT2D eigenvalue weighted by Gasteiger charge is -2.41. The Hall–Kier alpha value is -1.92. The number of carbonyl (C=O) groups excluding carboxylic acids is 2. The number of hydrazine groups is 1. The van der Waals surface area contributed by atoms with Crippen molar-refractivity contribution in [1.82, 2.24) is 15.6 Å². The molecule has 0 aliphatic carbocycles. The molecule has 6 nitrogen and oxygen atoms in total. The normalized spacial score (nSPS) is 18.4. The first-order chi connectivity index (χ1) is 9.45. The molecule has 0 aromatic heterocycles. The number of rotatable bonds is 3. The Balaban J connectivity index is 2.10. The summed E-state index contributed by atoms with van der Waals surface area (Å²) in [5.41, 5.74) is 3.15. The van der Waals surface area contributed by atoms with Crippen LogP contribution in [0.1, 0.15) is 29.8 Å². The van der Waals surface area contributed by atoms with Crippen LogP contribution in [0, 0.1) is 0 Å². The van der Waals surface area contributed by atoms with Crippen molar-refractivity contribution in [3.8, 4) is 0 Å². The molecule has 0 spiro atoms. The van der Waals surface area contributed by atoms with E-state index in [1.807, 2.05) is 26.0 Å². The van der Waals surface area contributed by atoms with Gasteiger partial charge < -0.3 is 5.32 Å². The summed E-state index contributed by atoms with van der Waals surface area (Å²) in [5, 5.41) is 2.87. The second-order valence-corrected chi connectivity index (χ2v) is 5.41. The van der Waals surface area contributed by atoms with E-state index >= 15 is 0 Å². The molecule has 0 radical (unpaired) electrons. The summed E-state index contributed by atoms with van der Waals surface area (Å²) >= 11 is 0. The summed E-state index contributed by atoms with van der Waals surface area (Å²) in [6, 6.07) is 7.23. The van der Waals surface area contributed by atoms with Crippen LogP contribution in [-0.4, -0.2) is 35.3 Å². The lowest BCUT2D eigenvalue weighted by atomic mass is 9.98. The van der Waals surface area contributed by atoms with Crippen molar-refractivity contribution in [2.75, 3.05) is 13.1 Å². The minimum atomic E-state index is -0.522. The monoisotopic (exact) mass is 276 g/mol. The largest absolute Gasteiger partial charge is 0.353 e. The van der Waals surface area contributed by atoms with Crippen LogP contribution in [0.5, 0.6) is 0 Å². The third-order valence-corrected chi connectivity index (χ3v) is 3.73. The molecule has 1 saturated heterocycles. The van der Waals surface area contributed by atoms with Gasteiger partial charge in [-0.15, -0.1) is 0 Å². The molecule has 1 fully saturated rings. The third-order valence-electron chi connectivity index (χ3n) is 3.73. The minimum Gasteiger partial charge on any atom is -0.353 e. The van der Waals surface area contributed by atoms with Crippen molar-refractivity contribution in [1.29, 1.82) is 0 Å². The van der Waals surface area contributed by atoms with Crippen molar-refractivity contribution in [2.24, 2.45) is 5.84 Å². The van der Waals surface area contributed by atoms with Crippen molar-refractivity contribution in [3.05, 3.63) is 35.4 Å². The average Bonchev–Trinajstić information content (AvgIpc) is 2.44. The molecule has 1 aliphatic heterocycles.